The van der Waals surface area contributed by atoms with Gasteiger partial charge in [-0.15, -0.1) is 11.3 Å². The molecule has 2 rings (SSSR count). The molecule has 1 atom stereocenters. The van der Waals surface area contributed by atoms with Gasteiger partial charge in [0.05, 0.1) is 0 Å². The van der Waals surface area contributed by atoms with Gasteiger partial charge < -0.3 is 10.4 Å². The zero-order valence-electron chi connectivity index (χ0n) is 10.2. The van der Waals surface area contributed by atoms with Crippen LogP contribution >= 0.6 is 11.3 Å². The standard InChI is InChI=1S/C14H16FNOS/c1-14(17,13-6-3-7-18-13)10-16-9-11-4-2-5-12(15)8-11/h2-8,16-17H,9-10H2,1H3. The molecule has 4 heteroatoms. The van der Waals surface area contributed by atoms with Gasteiger partial charge in [0.15, 0.2) is 0 Å². The molecule has 2 aromatic rings. The van der Waals surface area contributed by atoms with E-state index in [0.29, 0.717) is 13.1 Å². The van der Waals surface area contributed by atoms with Crippen LogP contribution in [-0.2, 0) is 12.1 Å². The number of rotatable bonds is 5. The quantitative estimate of drug-likeness (QED) is 0.871. The molecule has 0 bridgehead atoms. The molecule has 0 aliphatic carbocycles. The van der Waals surface area contributed by atoms with Crippen molar-refractivity contribution in [2.24, 2.45) is 0 Å². The van der Waals surface area contributed by atoms with Crippen LogP contribution in [0.25, 0.3) is 0 Å². The van der Waals surface area contributed by atoms with Gasteiger partial charge in [-0.25, -0.2) is 4.39 Å². The third kappa shape index (κ3) is 3.38. The maximum absolute atomic E-state index is 13.0. The van der Waals surface area contributed by atoms with Crippen LogP contribution < -0.4 is 5.32 Å². The van der Waals surface area contributed by atoms with Crippen LogP contribution in [0.5, 0.6) is 0 Å². The fourth-order valence-electron chi connectivity index (χ4n) is 1.77. The van der Waals surface area contributed by atoms with Gasteiger partial charge in [-0.2, -0.15) is 0 Å². The van der Waals surface area contributed by atoms with Crippen LogP contribution in [0.1, 0.15) is 17.4 Å². The van der Waals surface area contributed by atoms with Crippen LogP contribution in [0.4, 0.5) is 4.39 Å². The summed E-state index contributed by atoms with van der Waals surface area (Å²) in [7, 11) is 0. The molecule has 0 aliphatic rings. The lowest BCUT2D eigenvalue weighted by Gasteiger charge is -2.22. The molecule has 1 aromatic heterocycles. The smallest absolute Gasteiger partial charge is 0.123 e. The highest BCUT2D eigenvalue weighted by atomic mass is 32.1. The minimum Gasteiger partial charge on any atom is -0.383 e. The van der Waals surface area contributed by atoms with Crippen molar-refractivity contribution in [2.45, 2.75) is 19.1 Å². The van der Waals surface area contributed by atoms with Crippen LogP contribution in [0, 0.1) is 5.82 Å². The maximum atomic E-state index is 13.0. The van der Waals surface area contributed by atoms with Gasteiger partial charge in [0.25, 0.3) is 0 Å². The molecule has 0 saturated carbocycles. The Morgan fingerprint density at radius 1 is 1.33 bits per heavy atom. The first-order valence-electron chi connectivity index (χ1n) is 5.79. The number of thiophene rings is 1. The average molecular weight is 265 g/mol. The Hall–Kier alpha value is -1.23. The molecule has 1 aromatic carbocycles. The van der Waals surface area contributed by atoms with E-state index in [0.717, 1.165) is 10.4 Å². The fourth-order valence-corrected chi connectivity index (χ4v) is 2.56. The Morgan fingerprint density at radius 2 is 2.17 bits per heavy atom. The zero-order valence-corrected chi connectivity index (χ0v) is 11.0. The zero-order chi connectivity index (χ0) is 13.0. The van der Waals surface area contributed by atoms with Crippen LogP contribution in [-0.4, -0.2) is 11.7 Å². The van der Waals surface area contributed by atoms with E-state index < -0.39 is 5.60 Å². The van der Waals surface area contributed by atoms with Crippen molar-refractivity contribution in [3.05, 3.63) is 58.0 Å². The monoisotopic (exact) mass is 265 g/mol. The average Bonchev–Trinajstić information content (AvgIpc) is 2.83. The molecule has 0 radical (unpaired) electrons. The predicted octanol–water partition coefficient (Wildman–Crippen LogP) is 2.88. The van der Waals surface area contributed by atoms with E-state index in [1.807, 2.05) is 23.6 Å². The summed E-state index contributed by atoms with van der Waals surface area (Å²) in [6.45, 7) is 2.75. The van der Waals surface area contributed by atoms with E-state index >= 15 is 0 Å². The minimum absolute atomic E-state index is 0.237. The SMILES string of the molecule is CC(O)(CNCc1cccc(F)c1)c1cccs1. The van der Waals surface area contributed by atoms with Gasteiger partial charge in [-0.05, 0) is 36.1 Å². The van der Waals surface area contributed by atoms with Crippen molar-refractivity contribution < 1.29 is 9.50 Å². The Kier molecular flexibility index (Phi) is 4.11. The van der Waals surface area contributed by atoms with Gasteiger partial charge in [-0.3, -0.25) is 0 Å². The summed E-state index contributed by atoms with van der Waals surface area (Å²) in [4.78, 5) is 0.925. The van der Waals surface area contributed by atoms with E-state index in [9.17, 15) is 9.50 Å². The molecule has 2 nitrogen and oxygen atoms in total. The first kappa shape index (κ1) is 13.2. The van der Waals surface area contributed by atoms with Gasteiger partial charge in [-0.1, -0.05) is 18.2 Å². The van der Waals surface area contributed by atoms with Crippen molar-refractivity contribution in [1.29, 1.82) is 0 Å². The highest BCUT2D eigenvalue weighted by Gasteiger charge is 2.23. The molecule has 0 spiro atoms. The van der Waals surface area contributed by atoms with Gasteiger partial charge in [0.1, 0.15) is 11.4 Å². The fraction of sp³-hybridized carbons (Fsp3) is 0.286. The molecular formula is C14H16FNOS. The first-order chi connectivity index (χ1) is 8.58. The number of hydrogen-bond donors (Lipinski definition) is 2. The van der Waals surface area contributed by atoms with E-state index in [1.54, 1.807) is 13.0 Å². The summed E-state index contributed by atoms with van der Waals surface area (Å²) in [6, 6.07) is 10.3. The molecule has 0 aliphatic heterocycles. The summed E-state index contributed by atoms with van der Waals surface area (Å²) < 4.78 is 13.0. The number of halogens is 1. The Morgan fingerprint density at radius 3 is 2.83 bits per heavy atom. The van der Waals surface area contributed by atoms with Crippen molar-refractivity contribution in [2.75, 3.05) is 6.54 Å². The van der Waals surface area contributed by atoms with Crippen molar-refractivity contribution in [3.8, 4) is 0 Å². The summed E-state index contributed by atoms with van der Waals surface area (Å²) in [6.07, 6.45) is 0. The highest BCUT2D eigenvalue weighted by molar-refractivity contribution is 7.10. The van der Waals surface area contributed by atoms with Crippen molar-refractivity contribution in [1.82, 2.24) is 5.32 Å². The number of aliphatic hydroxyl groups is 1. The molecule has 1 unspecified atom stereocenters. The summed E-state index contributed by atoms with van der Waals surface area (Å²) in [5.74, 6) is -0.237. The van der Waals surface area contributed by atoms with E-state index in [2.05, 4.69) is 5.32 Å². The largest absolute Gasteiger partial charge is 0.383 e. The van der Waals surface area contributed by atoms with Crippen molar-refractivity contribution in [3.63, 3.8) is 0 Å². The highest BCUT2D eigenvalue weighted by Crippen LogP contribution is 2.24. The van der Waals surface area contributed by atoms with Crippen molar-refractivity contribution >= 4 is 11.3 Å². The van der Waals surface area contributed by atoms with Gasteiger partial charge in [0, 0.05) is 18.0 Å². The molecule has 2 N–H and O–H groups in total. The number of benzene rings is 1. The van der Waals surface area contributed by atoms with Crippen LogP contribution in [0.2, 0.25) is 0 Å². The third-order valence-corrected chi connectivity index (χ3v) is 3.86. The van der Waals surface area contributed by atoms with Crippen LogP contribution in [0.15, 0.2) is 41.8 Å². The summed E-state index contributed by atoms with van der Waals surface area (Å²) in [5, 5.41) is 15.4. The predicted molar refractivity (Wildman–Crippen MR) is 72.0 cm³/mol. The normalized spacial score (nSPS) is 14.4. The molecular weight excluding hydrogens is 249 g/mol. The van der Waals surface area contributed by atoms with Gasteiger partial charge >= 0.3 is 0 Å². The summed E-state index contributed by atoms with van der Waals surface area (Å²) in [5.41, 5.74) is -0.0152. The summed E-state index contributed by atoms with van der Waals surface area (Å²) >= 11 is 1.53. The van der Waals surface area contributed by atoms with E-state index in [-0.39, 0.29) is 5.82 Å². The Balaban J connectivity index is 1.89. The molecule has 1 heterocycles. The lowest BCUT2D eigenvalue weighted by Crippen LogP contribution is -2.34. The lowest BCUT2D eigenvalue weighted by atomic mass is 10.1. The Bertz CT molecular complexity index is 496. The molecule has 18 heavy (non-hydrogen) atoms. The second-order valence-corrected chi connectivity index (χ2v) is 5.43. The minimum atomic E-state index is -0.887. The third-order valence-electron chi connectivity index (χ3n) is 2.74. The molecule has 0 fully saturated rings. The molecule has 0 amide bonds. The van der Waals surface area contributed by atoms with Crippen LogP contribution in [0.3, 0.4) is 0 Å². The second-order valence-electron chi connectivity index (χ2n) is 4.48. The van der Waals surface area contributed by atoms with E-state index in [1.165, 1.54) is 23.5 Å². The number of nitrogens with one attached hydrogen (secondary N) is 1. The molecule has 96 valence electrons. The topological polar surface area (TPSA) is 32.3 Å². The Labute approximate surface area is 110 Å². The van der Waals surface area contributed by atoms with Gasteiger partial charge in [0.2, 0.25) is 0 Å². The molecule has 0 saturated heterocycles. The van der Waals surface area contributed by atoms with E-state index in [4.69, 9.17) is 0 Å². The number of hydrogen-bond acceptors (Lipinski definition) is 3. The second kappa shape index (κ2) is 5.61. The lowest BCUT2D eigenvalue weighted by molar-refractivity contribution is 0.0604. The first-order valence-corrected chi connectivity index (χ1v) is 6.67. The maximum Gasteiger partial charge on any atom is 0.123 e.